The highest BCUT2D eigenvalue weighted by Gasteiger charge is 2.32. The van der Waals surface area contributed by atoms with Crippen LogP contribution < -0.4 is 5.32 Å². The van der Waals surface area contributed by atoms with E-state index in [4.69, 9.17) is 0 Å². The molecule has 0 bridgehead atoms. The highest BCUT2D eigenvalue weighted by Crippen LogP contribution is 2.38. The van der Waals surface area contributed by atoms with Crippen molar-refractivity contribution in [3.63, 3.8) is 0 Å². The Balaban J connectivity index is 1.86. The Kier molecular flexibility index (Phi) is 3.56. The molecule has 126 valence electrons. The summed E-state index contributed by atoms with van der Waals surface area (Å²) in [5.74, 6) is -2.52. The number of nitrogens with zero attached hydrogens (tertiary/aromatic N) is 2. The third-order valence-corrected chi connectivity index (χ3v) is 4.18. The zero-order valence-corrected chi connectivity index (χ0v) is 12.8. The Morgan fingerprint density at radius 2 is 1.80 bits per heavy atom. The highest BCUT2D eigenvalue weighted by atomic mass is 19.1. The van der Waals surface area contributed by atoms with Crippen molar-refractivity contribution >= 4 is 11.7 Å². The van der Waals surface area contributed by atoms with E-state index in [1.54, 1.807) is 18.2 Å². The van der Waals surface area contributed by atoms with Crippen LogP contribution in [0.5, 0.6) is 0 Å². The SMILES string of the molecule is O=C1CC(c2ccccc2F)c2ncn(-c3cc(F)cc(F)c3)c2N1. The molecule has 0 spiro atoms. The molecule has 1 atom stereocenters. The predicted octanol–water partition coefficient (Wildman–Crippen LogP) is 3.76. The number of carbonyl (C=O) groups excluding carboxylic acids is 1. The Labute approximate surface area is 140 Å². The monoisotopic (exact) mass is 343 g/mol. The number of aromatic nitrogens is 2. The molecule has 1 unspecified atom stereocenters. The summed E-state index contributed by atoms with van der Waals surface area (Å²) in [6.07, 6.45) is 1.40. The van der Waals surface area contributed by atoms with Crippen LogP contribution in [-0.4, -0.2) is 15.5 Å². The first-order chi connectivity index (χ1) is 12.0. The summed E-state index contributed by atoms with van der Waals surface area (Å²) in [5, 5.41) is 2.66. The summed E-state index contributed by atoms with van der Waals surface area (Å²) in [6.45, 7) is 0. The summed E-state index contributed by atoms with van der Waals surface area (Å²) in [5.41, 5.74) is 0.990. The molecule has 7 heteroatoms. The van der Waals surface area contributed by atoms with Gasteiger partial charge in [0.25, 0.3) is 0 Å². The van der Waals surface area contributed by atoms with Gasteiger partial charge in [-0.1, -0.05) is 18.2 Å². The topological polar surface area (TPSA) is 46.9 Å². The molecule has 0 saturated carbocycles. The van der Waals surface area contributed by atoms with Crippen LogP contribution in [0.25, 0.3) is 5.69 Å². The van der Waals surface area contributed by atoms with E-state index in [1.807, 2.05) is 0 Å². The number of fused-ring (bicyclic) bond motifs is 1. The predicted molar refractivity (Wildman–Crippen MR) is 85.0 cm³/mol. The number of rotatable bonds is 2. The number of nitrogens with one attached hydrogen (secondary N) is 1. The molecule has 1 amide bonds. The van der Waals surface area contributed by atoms with Crippen LogP contribution in [0.1, 0.15) is 23.6 Å². The number of amides is 1. The molecule has 1 N–H and O–H groups in total. The largest absolute Gasteiger partial charge is 0.310 e. The van der Waals surface area contributed by atoms with Gasteiger partial charge >= 0.3 is 0 Å². The number of anilines is 1. The van der Waals surface area contributed by atoms with Crippen LogP contribution in [0.3, 0.4) is 0 Å². The lowest BCUT2D eigenvalue weighted by molar-refractivity contribution is -0.116. The van der Waals surface area contributed by atoms with E-state index in [1.165, 1.54) is 17.0 Å². The van der Waals surface area contributed by atoms with Gasteiger partial charge < -0.3 is 5.32 Å². The summed E-state index contributed by atoms with van der Waals surface area (Å²) < 4.78 is 42.6. The van der Waals surface area contributed by atoms with E-state index >= 15 is 0 Å². The Morgan fingerprint density at radius 3 is 2.52 bits per heavy atom. The second-order valence-electron chi connectivity index (χ2n) is 5.80. The van der Waals surface area contributed by atoms with Crippen molar-refractivity contribution in [2.24, 2.45) is 0 Å². The number of imidazole rings is 1. The fourth-order valence-corrected chi connectivity index (χ4v) is 3.10. The summed E-state index contributed by atoms with van der Waals surface area (Å²) in [6, 6.07) is 9.19. The number of halogens is 3. The Bertz CT molecular complexity index is 963. The number of hydrogen-bond donors (Lipinski definition) is 1. The van der Waals surface area contributed by atoms with Gasteiger partial charge in [-0.05, 0) is 23.8 Å². The van der Waals surface area contributed by atoms with Crippen molar-refractivity contribution in [3.05, 3.63) is 77.5 Å². The molecular formula is C18H12F3N3O. The standard InChI is InChI=1S/C18H12F3N3O/c19-10-5-11(20)7-12(6-10)24-9-22-17-14(8-16(25)23-18(17)24)13-3-1-2-4-15(13)21/h1-7,9,14H,8H2,(H,23,25). The van der Waals surface area contributed by atoms with Crippen molar-refractivity contribution in [1.82, 2.24) is 9.55 Å². The number of hydrogen-bond acceptors (Lipinski definition) is 2. The average molecular weight is 343 g/mol. The van der Waals surface area contributed by atoms with Gasteiger partial charge in [0.15, 0.2) is 0 Å². The van der Waals surface area contributed by atoms with Crippen LogP contribution in [0, 0.1) is 17.5 Å². The molecular weight excluding hydrogens is 331 g/mol. The maximum atomic E-state index is 14.2. The van der Waals surface area contributed by atoms with Gasteiger partial charge in [0, 0.05) is 18.4 Å². The van der Waals surface area contributed by atoms with Crippen LogP contribution in [0.15, 0.2) is 48.8 Å². The van der Waals surface area contributed by atoms with Gasteiger partial charge in [-0.25, -0.2) is 18.2 Å². The van der Waals surface area contributed by atoms with Crippen molar-refractivity contribution in [3.8, 4) is 5.69 Å². The fourth-order valence-electron chi connectivity index (χ4n) is 3.10. The van der Waals surface area contributed by atoms with Crippen molar-refractivity contribution < 1.29 is 18.0 Å². The Hall–Kier alpha value is -3.09. The normalized spacial score (nSPS) is 16.4. The number of carbonyl (C=O) groups is 1. The van der Waals surface area contributed by atoms with Gasteiger partial charge in [-0.3, -0.25) is 9.36 Å². The van der Waals surface area contributed by atoms with Gasteiger partial charge in [0.05, 0.1) is 11.4 Å². The maximum absolute atomic E-state index is 14.2. The summed E-state index contributed by atoms with van der Waals surface area (Å²) in [7, 11) is 0. The first-order valence-electron chi connectivity index (χ1n) is 7.61. The lowest BCUT2D eigenvalue weighted by Gasteiger charge is -2.23. The maximum Gasteiger partial charge on any atom is 0.226 e. The molecule has 1 aromatic heterocycles. The van der Waals surface area contributed by atoms with Crippen LogP contribution in [-0.2, 0) is 4.79 Å². The second kappa shape index (κ2) is 5.77. The van der Waals surface area contributed by atoms with Gasteiger partial charge in [0.1, 0.15) is 29.6 Å². The fraction of sp³-hybridized carbons (Fsp3) is 0.111. The molecule has 25 heavy (non-hydrogen) atoms. The minimum absolute atomic E-state index is 0.0441. The lowest BCUT2D eigenvalue weighted by Crippen LogP contribution is -2.25. The average Bonchev–Trinajstić information content (AvgIpc) is 2.97. The third-order valence-electron chi connectivity index (χ3n) is 4.18. The second-order valence-corrected chi connectivity index (χ2v) is 5.80. The molecule has 4 rings (SSSR count). The molecule has 4 nitrogen and oxygen atoms in total. The highest BCUT2D eigenvalue weighted by molar-refractivity contribution is 5.94. The molecule has 2 aromatic carbocycles. The Morgan fingerprint density at radius 1 is 1.08 bits per heavy atom. The summed E-state index contributed by atoms with van der Waals surface area (Å²) in [4.78, 5) is 16.4. The minimum atomic E-state index is -0.745. The van der Waals surface area contributed by atoms with Crippen LogP contribution in [0.4, 0.5) is 19.0 Å². The van der Waals surface area contributed by atoms with E-state index in [0.717, 1.165) is 18.2 Å². The van der Waals surface area contributed by atoms with Crippen LogP contribution in [0.2, 0.25) is 0 Å². The van der Waals surface area contributed by atoms with E-state index in [-0.39, 0.29) is 23.8 Å². The quantitative estimate of drug-likeness (QED) is 0.770. The van der Waals surface area contributed by atoms with E-state index in [9.17, 15) is 18.0 Å². The molecule has 3 aromatic rings. The molecule has 0 radical (unpaired) electrons. The smallest absolute Gasteiger partial charge is 0.226 e. The van der Waals surface area contributed by atoms with E-state index in [0.29, 0.717) is 11.3 Å². The third kappa shape index (κ3) is 2.67. The zero-order valence-electron chi connectivity index (χ0n) is 12.8. The molecule has 0 saturated heterocycles. The molecule has 2 heterocycles. The molecule has 1 aliphatic heterocycles. The number of benzene rings is 2. The van der Waals surface area contributed by atoms with Gasteiger partial charge in [-0.2, -0.15) is 0 Å². The zero-order chi connectivity index (χ0) is 17.6. The summed E-state index contributed by atoms with van der Waals surface area (Å²) >= 11 is 0. The first kappa shape index (κ1) is 15.4. The van der Waals surface area contributed by atoms with E-state index < -0.39 is 23.4 Å². The van der Waals surface area contributed by atoms with Gasteiger partial charge in [0.2, 0.25) is 5.91 Å². The van der Waals surface area contributed by atoms with Crippen LogP contribution >= 0.6 is 0 Å². The lowest BCUT2D eigenvalue weighted by atomic mass is 9.89. The molecule has 0 fully saturated rings. The minimum Gasteiger partial charge on any atom is -0.310 e. The van der Waals surface area contributed by atoms with Crippen molar-refractivity contribution in [1.29, 1.82) is 0 Å². The van der Waals surface area contributed by atoms with Crippen molar-refractivity contribution in [2.75, 3.05) is 5.32 Å². The van der Waals surface area contributed by atoms with E-state index in [2.05, 4.69) is 10.3 Å². The molecule has 0 aliphatic carbocycles. The molecule has 1 aliphatic rings. The van der Waals surface area contributed by atoms with Crippen molar-refractivity contribution in [2.45, 2.75) is 12.3 Å². The van der Waals surface area contributed by atoms with Gasteiger partial charge in [-0.15, -0.1) is 0 Å². The first-order valence-corrected chi connectivity index (χ1v) is 7.61.